The number of hydrogen-bond donors (Lipinski definition) is 2. The van der Waals surface area contributed by atoms with Crippen LogP contribution in [0.25, 0.3) is 0 Å². The molecule has 1 aliphatic rings. The fourth-order valence-corrected chi connectivity index (χ4v) is 2.21. The van der Waals surface area contributed by atoms with E-state index in [-0.39, 0.29) is 17.1 Å². The molecule has 1 saturated heterocycles. The summed E-state index contributed by atoms with van der Waals surface area (Å²) in [5.41, 5.74) is 0.884. The highest BCUT2D eigenvalue weighted by atomic mass is 19.1. The van der Waals surface area contributed by atoms with Gasteiger partial charge in [-0.1, -0.05) is 6.92 Å². The molecule has 0 bridgehead atoms. The lowest BCUT2D eigenvalue weighted by molar-refractivity contribution is -0.126. The molecule has 0 aliphatic carbocycles. The Morgan fingerprint density at radius 1 is 1.39 bits per heavy atom. The van der Waals surface area contributed by atoms with E-state index in [2.05, 4.69) is 10.6 Å². The number of carbonyl (C=O) groups excluding carboxylic acids is 1. The van der Waals surface area contributed by atoms with Gasteiger partial charge in [0.2, 0.25) is 5.91 Å². The number of aryl methyl sites for hydroxylation is 1. The minimum absolute atomic E-state index is 0.0232. The van der Waals surface area contributed by atoms with Gasteiger partial charge in [-0.15, -0.1) is 0 Å². The third-order valence-electron chi connectivity index (χ3n) is 3.67. The lowest BCUT2D eigenvalue weighted by Gasteiger charge is -2.32. The number of amides is 1. The van der Waals surface area contributed by atoms with E-state index in [1.54, 1.807) is 19.1 Å². The van der Waals surface area contributed by atoms with Crippen LogP contribution in [-0.4, -0.2) is 19.0 Å². The molecule has 1 aromatic carbocycles. The summed E-state index contributed by atoms with van der Waals surface area (Å²) in [5, 5.41) is 6.13. The highest BCUT2D eigenvalue weighted by Crippen LogP contribution is 2.29. The van der Waals surface area contributed by atoms with Crippen molar-refractivity contribution in [3.8, 4) is 0 Å². The predicted molar refractivity (Wildman–Crippen MR) is 70.0 cm³/mol. The summed E-state index contributed by atoms with van der Waals surface area (Å²) in [5.74, 6) is -0.226. The molecule has 0 saturated carbocycles. The van der Waals surface area contributed by atoms with Crippen molar-refractivity contribution in [2.45, 2.75) is 26.7 Å². The van der Waals surface area contributed by atoms with Crippen LogP contribution in [0.15, 0.2) is 18.2 Å². The Kier molecular flexibility index (Phi) is 3.66. The Morgan fingerprint density at radius 3 is 2.67 bits per heavy atom. The molecule has 0 unspecified atom stereocenters. The minimum Gasteiger partial charge on any atom is -0.326 e. The normalized spacial score (nSPS) is 18.4. The predicted octanol–water partition coefficient (Wildman–Crippen LogP) is 2.46. The molecule has 1 aliphatic heterocycles. The average Bonchev–Trinajstić information content (AvgIpc) is 2.35. The Labute approximate surface area is 107 Å². The smallest absolute Gasteiger partial charge is 0.230 e. The number of carbonyl (C=O) groups is 1. The van der Waals surface area contributed by atoms with E-state index < -0.39 is 0 Å². The van der Waals surface area contributed by atoms with E-state index in [1.807, 2.05) is 6.92 Å². The van der Waals surface area contributed by atoms with Gasteiger partial charge in [-0.3, -0.25) is 4.79 Å². The van der Waals surface area contributed by atoms with Gasteiger partial charge in [-0.2, -0.15) is 0 Å². The summed E-state index contributed by atoms with van der Waals surface area (Å²) >= 11 is 0. The maximum Gasteiger partial charge on any atom is 0.230 e. The topological polar surface area (TPSA) is 41.1 Å². The maximum atomic E-state index is 13.1. The molecule has 1 heterocycles. The molecule has 1 aromatic rings. The number of nitrogens with one attached hydrogen (secondary N) is 2. The van der Waals surface area contributed by atoms with Gasteiger partial charge in [0.1, 0.15) is 5.82 Å². The van der Waals surface area contributed by atoms with Gasteiger partial charge in [-0.05, 0) is 56.6 Å². The lowest BCUT2D eigenvalue weighted by Crippen LogP contribution is -2.42. The summed E-state index contributed by atoms with van der Waals surface area (Å²) in [6, 6.07) is 4.65. The maximum absolute atomic E-state index is 13.1. The molecule has 18 heavy (non-hydrogen) atoms. The number of rotatable bonds is 2. The Balaban J connectivity index is 2.08. The molecule has 0 aromatic heterocycles. The molecule has 2 rings (SSSR count). The first-order chi connectivity index (χ1) is 8.51. The molecule has 1 fully saturated rings. The van der Waals surface area contributed by atoms with Crippen LogP contribution < -0.4 is 10.6 Å². The van der Waals surface area contributed by atoms with Crippen LogP contribution in [-0.2, 0) is 4.79 Å². The number of anilines is 1. The fraction of sp³-hybridized carbons (Fsp3) is 0.500. The third kappa shape index (κ3) is 2.70. The molecule has 0 spiro atoms. The zero-order valence-corrected chi connectivity index (χ0v) is 10.8. The number of halogens is 1. The Hall–Kier alpha value is -1.42. The molecular weight excluding hydrogens is 231 g/mol. The second-order valence-corrected chi connectivity index (χ2v) is 5.23. The van der Waals surface area contributed by atoms with Crippen LogP contribution in [0, 0.1) is 18.2 Å². The molecule has 0 radical (unpaired) electrons. The third-order valence-corrected chi connectivity index (χ3v) is 3.67. The number of benzene rings is 1. The van der Waals surface area contributed by atoms with E-state index in [4.69, 9.17) is 0 Å². The van der Waals surface area contributed by atoms with Crippen molar-refractivity contribution in [2.24, 2.45) is 5.41 Å². The van der Waals surface area contributed by atoms with Crippen molar-refractivity contribution in [3.05, 3.63) is 29.6 Å². The number of piperidine rings is 1. The van der Waals surface area contributed by atoms with E-state index in [0.717, 1.165) is 25.9 Å². The molecule has 0 atom stereocenters. The molecular formula is C14H19FN2O. The largest absolute Gasteiger partial charge is 0.326 e. The van der Waals surface area contributed by atoms with Gasteiger partial charge in [-0.25, -0.2) is 4.39 Å². The summed E-state index contributed by atoms with van der Waals surface area (Å²) in [6.07, 6.45) is 1.66. The molecule has 3 nitrogen and oxygen atoms in total. The lowest BCUT2D eigenvalue weighted by atomic mass is 9.80. The molecule has 2 N–H and O–H groups in total. The zero-order chi connectivity index (χ0) is 13.2. The van der Waals surface area contributed by atoms with Gasteiger partial charge in [0.05, 0.1) is 0 Å². The summed E-state index contributed by atoms with van der Waals surface area (Å²) in [7, 11) is 0. The monoisotopic (exact) mass is 250 g/mol. The van der Waals surface area contributed by atoms with E-state index in [0.29, 0.717) is 11.3 Å². The van der Waals surface area contributed by atoms with Crippen LogP contribution >= 0.6 is 0 Å². The van der Waals surface area contributed by atoms with Gasteiger partial charge in [0.25, 0.3) is 0 Å². The van der Waals surface area contributed by atoms with E-state index >= 15 is 0 Å². The van der Waals surface area contributed by atoms with Crippen LogP contribution in [0.4, 0.5) is 10.1 Å². The first kappa shape index (κ1) is 13.0. The van der Waals surface area contributed by atoms with Crippen LogP contribution in [0.5, 0.6) is 0 Å². The van der Waals surface area contributed by atoms with Crippen LogP contribution in [0.2, 0.25) is 0 Å². The highest BCUT2D eigenvalue weighted by Gasteiger charge is 2.34. The second-order valence-electron chi connectivity index (χ2n) is 5.23. The van der Waals surface area contributed by atoms with E-state index in [1.165, 1.54) is 6.07 Å². The first-order valence-electron chi connectivity index (χ1n) is 6.30. The van der Waals surface area contributed by atoms with Crippen LogP contribution in [0.1, 0.15) is 25.3 Å². The SMILES string of the molecule is Cc1cc(NC(=O)C2(C)CCNCC2)ccc1F. The van der Waals surface area contributed by atoms with Crippen LogP contribution in [0.3, 0.4) is 0 Å². The molecule has 98 valence electrons. The van der Waals surface area contributed by atoms with Crippen molar-refractivity contribution >= 4 is 11.6 Å². The van der Waals surface area contributed by atoms with Gasteiger partial charge in [0.15, 0.2) is 0 Å². The first-order valence-corrected chi connectivity index (χ1v) is 6.30. The van der Waals surface area contributed by atoms with Crippen molar-refractivity contribution in [1.29, 1.82) is 0 Å². The number of hydrogen-bond acceptors (Lipinski definition) is 2. The van der Waals surface area contributed by atoms with Crippen molar-refractivity contribution in [2.75, 3.05) is 18.4 Å². The summed E-state index contributed by atoms with van der Waals surface area (Å²) < 4.78 is 13.1. The van der Waals surface area contributed by atoms with E-state index in [9.17, 15) is 9.18 Å². The zero-order valence-electron chi connectivity index (χ0n) is 10.8. The fourth-order valence-electron chi connectivity index (χ4n) is 2.21. The average molecular weight is 250 g/mol. The van der Waals surface area contributed by atoms with Crippen molar-refractivity contribution in [1.82, 2.24) is 5.32 Å². The molecule has 1 amide bonds. The summed E-state index contributed by atoms with van der Waals surface area (Å²) in [6.45, 7) is 5.41. The summed E-state index contributed by atoms with van der Waals surface area (Å²) in [4.78, 5) is 12.3. The van der Waals surface area contributed by atoms with Gasteiger partial charge >= 0.3 is 0 Å². The minimum atomic E-state index is -0.326. The van der Waals surface area contributed by atoms with Crippen molar-refractivity contribution in [3.63, 3.8) is 0 Å². The molecule has 4 heteroatoms. The van der Waals surface area contributed by atoms with Gasteiger partial charge < -0.3 is 10.6 Å². The Morgan fingerprint density at radius 2 is 2.06 bits per heavy atom. The second kappa shape index (κ2) is 5.06. The highest BCUT2D eigenvalue weighted by molar-refractivity contribution is 5.95. The standard InChI is InChI=1S/C14H19FN2O/c1-10-9-11(3-4-12(10)15)17-13(18)14(2)5-7-16-8-6-14/h3-4,9,16H,5-8H2,1-2H3,(H,17,18). The quantitative estimate of drug-likeness (QED) is 0.846. The van der Waals surface area contributed by atoms with Gasteiger partial charge in [0, 0.05) is 11.1 Å². The Bertz CT molecular complexity index is 453. The van der Waals surface area contributed by atoms with Crippen molar-refractivity contribution < 1.29 is 9.18 Å².